The fraction of sp³-hybridized carbons (Fsp3) is 0.0667. The number of hydrogen-bond donors (Lipinski definition) is 1. The Morgan fingerprint density at radius 1 is 1.00 bits per heavy atom. The van der Waals surface area contributed by atoms with Gasteiger partial charge in [0.2, 0.25) is 0 Å². The average Bonchev–Trinajstić information content (AvgIpc) is 2.94. The Morgan fingerprint density at radius 2 is 1.82 bits per heavy atom. The summed E-state index contributed by atoms with van der Waals surface area (Å²) in [6, 6.07) is 8.84. The first kappa shape index (κ1) is 14.3. The summed E-state index contributed by atoms with van der Waals surface area (Å²) in [5.41, 5.74) is 1.08. The quantitative estimate of drug-likeness (QED) is 0.809. The van der Waals surface area contributed by atoms with E-state index in [0.717, 1.165) is 12.1 Å². The van der Waals surface area contributed by atoms with Crippen LogP contribution in [0.15, 0.2) is 42.5 Å². The van der Waals surface area contributed by atoms with Gasteiger partial charge in [-0.3, -0.25) is 0 Å². The lowest BCUT2D eigenvalue weighted by molar-refractivity contribution is 0.277. The molecule has 3 aromatic rings. The summed E-state index contributed by atoms with van der Waals surface area (Å²) >= 11 is 0. The van der Waals surface area contributed by atoms with Gasteiger partial charge < -0.3 is 5.11 Å². The minimum atomic E-state index is -1.03. The number of hydrogen-bond acceptors (Lipinski definition) is 3. The number of aliphatic hydroxyl groups is 1. The third-order valence-electron chi connectivity index (χ3n) is 3.14. The van der Waals surface area contributed by atoms with Crippen LogP contribution in [-0.4, -0.2) is 20.1 Å². The molecule has 0 aliphatic heterocycles. The number of aliphatic hydroxyl groups excluding tert-OH is 1. The fourth-order valence-corrected chi connectivity index (χ4v) is 2.14. The lowest BCUT2D eigenvalue weighted by atomic mass is 10.1. The van der Waals surface area contributed by atoms with Gasteiger partial charge in [-0.05, 0) is 36.4 Å². The van der Waals surface area contributed by atoms with Crippen LogP contribution in [-0.2, 0) is 6.61 Å². The molecule has 0 aliphatic carbocycles. The SMILES string of the molecule is OCc1nnn(-c2cccc(F)c2)c1-c1ccc(F)c(F)c1. The van der Waals surface area contributed by atoms with Crippen LogP contribution in [0.1, 0.15) is 5.69 Å². The lowest BCUT2D eigenvalue weighted by Crippen LogP contribution is -2.01. The number of rotatable bonds is 3. The number of benzene rings is 2. The van der Waals surface area contributed by atoms with E-state index in [0.29, 0.717) is 5.69 Å². The highest BCUT2D eigenvalue weighted by molar-refractivity contribution is 5.64. The first-order valence-electron chi connectivity index (χ1n) is 6.37. The molecule has 0 fully saturated rings. The van der Waals surface area contributed by atoms with Gasteiger partial charge in [0.15, 0.2) is 11.6 Å². The van der Waals surface area contributed by atoms with Gasteiger partial charge in [0, 0.05) is 5.56 Å². The van der Waals surface area contributed by atoms with Crippen molar-refractivity contribution in [3.05, 3.63) is 65.6 Å². The monoisotopic (exact) mass is 305 g/mol. The van der Waals surface area contributed by atoms with Crippen LogP contribution in [0.2, 0.25) is 0 Å². The van der Waals surface area contributed by atoms with Crippen molar-refractivity contribution in [2.24, 2.45) is 0 Å². The molecule has 0 amide bonds. The molecule has 0 saturated carbocycles. The van der Waals surface area contributed by atoms with Gasteiger partial charge in [0.1, 0.15) is 17.2 Å². The smallest absolute Gasteiger partial charge is 0.159 e. The summed E-state index contributed by atoms with van der Waals surface area (Å²) in [7, 11) is 0. The molecule has 4 nitrogen and oxygen atoms in total. The standard InChI is InChI=1S/C15H10F3N3O/c16-10-2-1-3-11(7-10)21-15(14(8-22)19-20-21)9-4-5-12(17)13(18)6-9/h1-7,22H,8H2. The van der Waals surface area contributed by atoms with Gasteiger partial charge in [-0.1, -0.05) is 11.3 Å². The zero-order valence-corrected chi connectivity index (χ0v) is 11.2. The van der Waals surface area contributed by atoms with Crippen molar-refractivity contribution < 1.29 is 18.3 Å². The van der Waals surface area contributed by atoms with Crippen molar-refractivity contribution in [3.8, 4) is 16.9 Å². The molecule has 7 heteroatoms. The Morgan fingerprint density at radius 3 is 2.50 bits per heavy atom. The maximum Gasteiger partial charge on any atom is 0.159 e. The van der Waals surface area contributed by atoms with Crippen LogP contribution in [0.5, 0.6) is 0 Å². The second-order valence-electron chi connectivity index (χ2n) is 4.56. The van der Waals surface area contributed by atoms with Crippen molar-refractivity contribution in [3.63, 3.8) is 0 Å². The summed E-state index contributed by atoms with van der Waals surface area (Å²) in [4.78, 5) is 0. The summed E-state index contributed by atoms with van der Waals surface area (Å²) in [6.07, 6.45) is 0. The van der Waals surface area contributed by atoms with Crippen LogP contribution >= 0.6 is 0 Å². The number of nitrogens with zero attached hydrogens (tertiary/aromatic N) is 3. The molecule has 112 valence electrons. The summed E-state index contributed by atoms with van der Waals surface area (Å²) in [5.74, 6) is -2.50. The molecule has 3 rings (SSSR count). The fourth-order valence-electron chi connectivity index (χ4n) is 2.14. The zero-order chi connectivity index (χ0) is 15.7. The highest BCUT2D eigenvalue weighted by Crippen LogP contribution is 2.27. The molecule has 0 atom stereocenters. The Balaban J connectivity index is 2.21. The van der Waals surface area contributed by atoms with Gasteiger partial charge in [-0.15, -0.1) is 5.10 Å². The van der Waals surface area contributed by atoms with E-state index >= 15 is 0 Å². The van der Waals surface area contributed by atoms with E-state index in [-0.39, 0.29) is 17.0 Å². The Bertz CT molecular complexity index is 833. The second kappa shape index (κ2) is 5.61. The molecule has 22 heavy (non-hydrogen) atoms. The Kier molecular flexibility index (Phi) is 3.64. The van der Waals surface area contributed by atoms with E-state index in [1.54, 1.807) is 6.07 Å². The minimum Gasteiger partial charge on any atom is -0.390 e. The molecule has 0 aliphatic rings. The predicted octanol–water partition coefficient (Wildman–Crippen LogP) is 2.84. The summed E-state index contributed by atoms with van der Waals surface area (Å²) < 4.78 is 41.2. The third kappa shape index (κ3) is 2.46. The molecule has 0 spiro atoms. The van der Waals surface area contributed by atoms with Gasteiger partial charge in [0.05, 0.1) is 12.3 Å². The van der Waals surface area contributed by atoms with Crippen molar-refractivity contribution in [1.82, 2.24) is 15.0 Å². The number of aromatic nitrogens is 3. The summed E-state index contributed by atoms with van der Waals surface area (Å²) in [5, 5.41) is 17.0. The van der Waals surface area contributed by atoms with Crippen molar-refractivity contribution in [1.29, 1.82) is 0 Å². The molecule has 1 aromatic heterocycles. The average molecular weight is 305 g/mol. The predicted molar refractivity (Wildman–Crippen MR) is 72.6 cm³/mol. The third-order valence-corrected chi connectivity index (χ3v) is 3.14. The normalized spacial score (nSPS) is 10.9. The Labute approximate surface area is 123 Å². The van der Waals surface area contributed by atoms with Crippen molar-refractivity contribution >= 4 is 0 Å². The van der Waals surface area contributed by atoms with E-state index in [1.165, 1.54) is 28.9 Å². The molecule has 0 saturated heterocycles. The summed E-state index contributed by atoms with van der Waals surface area (Å²) in [6.45, 7) is -0.441. The van der Waals surface area contributed by atoms with Gasteiger partial charge in [0.25, 0.3) is 0 Å². The van der Waals surface area contributed by atoms with Crippen molar-refractivity contribution in [2.75, 3.05) is 0 Å². The maximum atomic E-state index is 13.5. The molecular weight excluding hydrogens is 295 g/mol. The van der Waals surface area contributed by atoms with Crippen LogP contribution in [0.25, 0.3) is 16.9 Å². The highest BCUT2D eigenvalue weighted by Gasteiger charge is 2.17. The van der Waals surface area contributed by atoms with Crippen LogP contribution in [0.3, 0.4) is 0 Å². The molecule has 1 N–H and O–H groups in total. The topological polar surface area (TPSA) is 50.9 Å². The van der Waals surface area contributed by atoms with Gasteiger partial charge >= 0.3 is 0 Å². The lowest BCUT2D eigenvalue weighted by Gasteiger charge is -2.08. The zero-order valence-electron chi connectivity index (χ0n) is 11.2. The number of halogens is 3. The van der Waals surface area contributed by atoms with E-state index in [1.807, 2.05) is 0 Å². The molecule has 0 bridgehead atoms. The van der Waals surface area contributed by atoms with E-state index in [4.69, 9.17) is 0 Å². The second-order valence-corrected chi connectivity index (χ2v) is 4.56. The van der Waals surface area contributed by atoms with E-state index < -0.39 is 24.1 Å². The van der Waals surface area contributed by atoms with E-state index in [2.05, 4.69) is 10.3 Å². The molecule has 2 aromatic carbocycles. The van der Waals surface area contributed by atoms with Crippen LogP contribution < -0.4 is 0 Å². The maximum absolute atomic E-state index is 13.5. The minimum absolute atomic E-state index is 0.176. The molecule has 0 unspecified atom stereocenters. The van der Waals surface area contributed by atoms with Crippen LogP contribution in [0.4, 0.5) is 13.2 Å². The van der Waals surface area contributed by atoms with Crippen molar-refractivity contribution in [2.45, 2.75) is 6.61 Å². The van der Waals surface area contributed by atoms with Gasteiger partial charge in [-0.2, -0.15) is 0 Å². The first-order chi connectivity index (χ1) is 10.6. The molecule has 0 radical (unpaired) electrons. The highest BCUT2D eigenvalue weighted by atomic mass is 19.2. The largest absolute Gasteiger partial charge is 0.390 e. The van der Waals surface area contributed by atoms with Gasteiger partial charge in [-0.25, -0.2) is 17.9 Å². The molecule has 1 heterocycles. The Hall–Kier alpha value is -2.67. The first-order valence-corrected chi connectivity index (χ1v) is 6.37. The molecular formula is C15H10F3N3O. The van der Waals surface area contributed by atoms with E-state index in [9.17, 15) is 18.3 Å². The van der Waals surface area contributed by atoms with Crippen LogP contribution in [0, 0.1) is 17.5 Å².